The molecule has 0 aliphatic heterocycles. The van der Waals surface area contributed by atoms with Crippen molar-refractivity contribution in [3.8, 4) is 0 Å². The molecule has 1 nitrogen and oxygen atoms in total. The van der Waals surface area contributed by atoms with E-state index in [9.17, 15) is 4.39 Å². The summed E-state index contributed by atoms with van der Waals surface area (Å²) >= 11 is 10.3. The zero-order valence-corrected chi connectivity index (χ0v) is 5.87. The normalized spacial score (nSPS) is 12.0. The SMILES string of the molecule is CNSC(F)(Cl)Cl. The minimum atomic E-state index is -2.20. The van der Waals surface area contributed by atoms with E-state index < -0.39 is 3.92 Å². The summed E-state index contributed by atoms with van der Waals surface area (Å²) in [7, 11) is 1.53. The first-order chi connectivity index (χ1) is 3.06. The van der Waals surface area contributed by atoms with E-state index in [1.54, 1.807) is 0 Å². The summed E-state index contributed by atoms with van der Waals surface area (Å²) in [5.41, 5.74) is 0. The van der Waals surface area contributed by atoms with E-state index in [-0.39, 0.29) is 0 Å². The van der Waals surface area contributed by atoms with Crippen LogP contribution in [0.3, 0.4) is 0 Å². The van der Waals surface area contributed by atoms with E-state index in [2.05, 4.69) is 4.72 Å². The Morgan fingerprint density at radius 3 is 2.14 bits per heavy atom. The van der Waals surface area contributed by atoms with Gasteiger partial charge in [0.25, 0.3) is 0 Å². The fourth-order valence-corrected chi connectivity index (χ4v) is 0.810. The summed E-state index contributed by atoms with van der Waals surface area (Å²) in [6, 6.07) is 0. The van der Waals surface area contributed by atoms with E-state index in [0.717, 1.165) is 0 Å². The standard InChI is InChI=1S/C2H4Cl2FNS/c1-6-7-2(3,4)5/h6H,1H3. The first kappa shape index (κ1) is 7.82. The van der Waals surface area contributed by atoms with Gasteiger partial charge in [-0.25, -0.2) is 0 Å². The summed E-state index contributed by atoms with van der Waals surface area (Å²) < 4.78 is 12.0. The number of alkyl halides is 3. The Bertz CT molecular complexity index is 54.1. The van der Waals surface area contributed by atoms with E-state index >= 15 is 0 Å². The smallest absolute Gasteiger partial charge is 0.262 e. The van der Waals surface area contributed by atoms with Gasteiger partial charge in [-0.3, -0.25) is 4.72 Å². The van der Waals surface area contributed by atoms with Crippen LogP contribution in [0.2, 0.25) is 0 Å². The van der Waals surface area contributed by atoms with Gasteiger partial charge in [-0.05, 0) is 19.0 Å². The van der Waals surface area contributed by atoms with Crippen LogP contribution < -0.4 is 4.72 Å². The van der Waals surface area contributed by atoms with Gasteiger partial charge >= 0.3 is 3.92 Å². The molecule has 0 saturated carbocycles. The number of rotatable bonds is 2. The number of hydrogen-bond donors (Lipinski definition) is 1. The molecule has 0 rings (SSSR count). The third-order valence-electron chi connectivity index (χ3n) is 0.218. The van der Waals surface area contributed by atoms with Crippen LogP contribution in [-0.4, -0.2) is 11.0 Å². The van der Waals surface area contributed by atoms with Crippen molar-refractivity contribution < 1.29 is 4.39 Å². The van der Waals surface area contributed by atoms with Crippen molar-refractivity contribution >= 4 is 35.1 Å². The van der Waals surface area contributed by atoms with Gasteiger partial charge in [-0.15, -0.1) is 0 Å². The predicted octanol–water partition coefficient (Wildman–Crippen LogP) is 1.91. The molecule has 1 N–H and O–H groups in total. The van der Waals surface area contributed by atoms with Crippen molar-refractivity contribution in [3.05, 3.63) is 0 Å². The Balaban J connectivity index is 3.15. The highest BCUT2D eigenvalue weighted by molar-refractivity contribution is 8.01. The second-order valence-corrected chi connectivity index (χ2v) is 3.61. The van der Waals surface area contributed by atoms with E-state index in [1.807, 2.05) is 0 Å². The summed E-state index contributed by atoms with van der Waals surface area (Å²) in [4.78, 5) is 0. The molecule has 7 heavy (non-hydrogen) atoms. The second kappa shape index (κ2) is 2.97. The van der Waals surface area contributed by atoms with Gasteiger partial charge in [-0.1, -0.05) is 23.2 Å². The van der Waals surface area contributed by atoms with Gasteiger partial charge in [0.2, 0.25) is 0 Å². The molecule has 44 valence electrons. The first-order valence-corrected chi connectivity index (χ1v) is 3.05. The third kappa shape index (κ3) is 6.82. The van der Waals surface area contributed by atoms with Gasteiger partial charge in [0.05, 0.1) is 0 Å². The molecule has 0 aromatic heterocycles. The lowest BCUT2D eigenvalue weighted by molar-refractivity contribution is 0.514. The molecule has 5 heteroatoms. The minimum Gasteiger partial charge on any atom is -0.262 e. The van der Waals surface area contributed by atoms with Crippen molar-refractivity contribution in [2.24, 2.45) is 0 Å². The monoisotopic (exact) mass is 163 g/mol. The number of hydrogen-bond acceptors (Lipinski definition) is 2. The Kier molecular flexibility index (Phi) is 3.32. The van der Waals surface area contributed by atoms with Crippen LogP contribution in [0, 0.1) is 0 Å². The van der Waals surface area contributed by atoms with Crippen LogP contribution in [-0.2, 0) is 0 Å². The molecule has 0 saturated heterocycles. The Morgan fingerprint density at radius 1 is 1.71 bits per heavy atom. The van der Waals surface area contributed by atoms with Crippen molar-refractivity contribution in [1.82, 2.24) is 4.72 Å². The largest absolute Gasteiger partial charge is 0.318 e. The summed E-state index contributed by atoms with van der Waals surface area (Å²) in [5, 5.41) is 0. The Labute approximate surface area is 55.7 Å². The third-order valence-corrected chi connectivity index (χ3v) is 1.12. The number of halogens is 3. The Morgan fingerprint density at radius 2 is 2.14 bits per heavy atom. The van der Waals surface area contributed by atoms with Gasteiger partial charge in [0.1, 0.15) is 0 Å². The fraction of sp³-hybridized carbons (Fsp3) is 1.00. The molecule has 0 fully saturated rings. The van der Waals surface area contributed by atoms with Crippen molar-refractivity contribution in [2.75, 3.05) is 7.05 Å². The van der Waals surface area contributed by atoms with Crippen LogP contribution in [0.5, 0.6) is 0 Å². The average Bonchev–Trinajstić information content (AvgIpc) is 1.30. The topological polar surface area (TPSA) is 12.0 Å². The average molecular weight is 164 g/mol. The highest BCUT2D eigenvalue weighted by atomic mass is 35.5. The Hall–Kier alpha value is 0.820. The molecule has 0 unspecified atom stereocenters. The first-order valence-electron chi connectivity index (χ1n) is 1.48. The van der Waals surface area contributed by atoms with Crippen molar-refractivity contribution in [2.45, 2.75) is 3.92 Å². The molecule has 0 bridgehead atoms. The van der Waals surface area contributed by atoms with Crippen LogP contribution >= 0.6 is 35.1 Å². The molecule has 0 atom stereocenters. The van der Waals surface area contributed by atoms with E-state index in [4.69, 9.17) is 23.2 Å². The molecule has 0 aromatic rings. The number of nitrogens with one attached hydrogen (secondary N) is 1. The van der Waals surface area contributed by atoms with Gasteiger partial charge in [-0.2, -0.15) is 4.39 Å². The van der Waals surface area contributed by atoms with Crippen molar-refractivity contribution in [3.63, 3.8) is 0 Å². The lowest BCUT2D eigenvalue weighted by atomic mass is 11.6. The predicted molar refractivity (Wildman–Crippen MR) is 32.2 cm³/mol. The van der Waals surface area contributed by atoms with Gasteiger partial charge in [0.15, 0.2) is 0 Å². The molecule has 0 amide bonds. The molecule has 0 aliphatic carbocycles. The maximum atomic E-state index is 11.8. The van der Waals surface area contributed by atoms with Crippen molar-refractivity contribution in [1.29, 1.82) is 0 Å². The van der Waals surface area contributed by atoms with Crippen LogP contribution in [0.25, 0.3) is 0 Å². The summed E-state index contributed by atoms with van der Waals surface area (Å²) in [5.74, 6) is 0. The van der Waals surface area contributed by atoms with Crippen LogP contribution in [0.1, 0.15) is 0 Å². The molecule has 0 heterocycles. The van der Waals surface area contributed by atoms with Crippen LogP contribution in [0.4, 0.5) is 4.39 Å². The highest BCUT2D eigenvalue weighted by Crippen LogP contribution is 2.32. The molecule has 0 aliphatic rings. The van der Waals surface area contributed by atoms with E-state index in [1.165, 1.54) is 7.05 Å². The zero-order valence-electron chi connectivity index (χ0n) is 3.54. The highest BCUT2D eigenvalue weighted by Gasteiger charge is 2.21. The van der Waals surface area contributed by atoms with Gasteiger partial charge < -0.3 is 0 Å². The molecular formula is C2H4Cl2FNS. The molecular weight excluding hydrogens is 160 g/mol. The maximum absolute atomic E-state index is 11.8. The molecule has 0 spiro atoms. The van der Waals surface area contributed by atoms with Crippen LogP contribution in [0.15, 0.2) is 0 Å². The summed E-state index contributed by atoms with van der Waals surface area (Å²) in [6.07, 6.45) is 0. The molecule has 0 radical (unpaired) electrons. The summed E-state index contributed by atoms with van der Waals surface area (Å²) in [6.45, 7) is 0. The fourth-order valence-electron chi connectivity index (χ4n) is 0.116. The lowest BCUT2D eigenvalue weighted by Crippen LogP contribution is -2.04. The quantitative estimate of drug-likeness (QED) is 0.494. The van der Waals surface area contributed by atoms with Gasteiger partial charge in [0, 0.05) is 0 Å². The lowest BCUT2D eigenvalue weighted by Gasteiger charge is -2.03. The zero-order chi connectivity index (χ0) is 5.91. The van der Waals surface area contributed by atoms with E-state index in [0.29, 0.717) is 11.9 Å². The molecule has 0 aromatic carbocycles. The second-order valence-electron chi connectivity index (χ2n) is 0.752. The minimum absolute atomic E-state index is 0.603. The maximum Gasteiger partial charge on any atom is 0.318 e.